The number of nitrogens with zero attached hydrogens (tertiary/aromatic N) is 4. The van der Waals surface area contributed by atoms with Crippen molar-refractivity contribution in [3.8, 4) is 11.4 Å². The van der Waals surface area contributed by atoms with E-state index in [1.807, 2.05) is 47.9 Å². The first-order valence-electron chi connectivity index (χ1n) is 8.64. The summed E-state index contributed by atoms with van der Waals surface area (Å²) in [6.07, 6.45) is 3.43. The molecule has 0 saturated carbocycles. The minimum atomic E-state index is -0.348. The lowest BCUT2D eigenvalue weighted by Gasteiger charge is -2.13. The number of halogens is 1. The van der Waals surface area contributed by atoms with E-state index < -0.39 is 0 Å². The van der Waals surface area contributed by atoms with E-state index in [0.29, 0.717) is 18.3 Å². The van der Waals surface area contributed by atoms with E-state index in [-0.39, 0.29) is 11.2 Å². The number of ether oxygens (including phenoxy) is 1. The van der Waals surface area contributed by atoms with Crippen molar-refractivity contribution in [3.05, 3.63) is 53.3 Å². The number of benzene rings is 1. The Morgan fingerprint density at radius 3 is 2.61 bits per heavy atom. The fourth-order valence-corrected chi connectivity index (χ4v) is 3.60. The molecule has 7 nitrogen and oxygen atoms in total. The first-order valence-corrected chi connectivity index (χ1v) is 10.3. The summed E-state index contributed by atoms with van der Waals surface area (Å²) in [6.45, 7) is 2.95. The van der Waals surface area contributed by atoms with Gasteiger partial charge in [-0.25, -0.2) is 0 Å². The molecule has 146 valence electrons. The molecule has 1 aromatic carbocycles. The Hall–Kier alpha value is -2.23. The number of hydrogen-bond acceptors (Lipinski definition) is 6. The van der Waals surface area contributed by atoms with Gasteiger partial charge in [0.25, 0.3) is 0 Å². The third kappa shape index (κ3) is 5.18. The molecule has 0 aliphatic rings. The normalized spacial score (nSPS) is 12.0. The van der Waals surface area contributed by atoms with Crippen molar-refractivity contribution >= 4 is 39.3 Å². The van der Waals surface area contributed by atoms with E-state index >= 15 is 0 Å². The Morgan fingerprint density at radius 2 is 1.93 bits per heavy atom. The molecule has 3 aromatic rings. The summed E-state index contributed by atoms with van der Waals surface area (Å²) >= 11 is 4.75. The van der Waals surface area contributed by atoms with Crippen molar-refractivity contribution in [1.82, 2.24) is 19.7 Å². The minimum absolute atomic E-state index is 0.0981. The highest BCUT2D eigenvalue weighted by Crippen LogP contribution is 2.27. The van der Waals surface area contributed by atoms with Crippen LogP contribution in [0.1, 0.15) is 6.92 Å². The maximum atomic E-state index is 12.6. The van der Waals surface area contributed by atoms with Gasteiger partial charge in [0.2, 0.25) is 5.91 Å². The maximum absolute atomic E-state index is 12.6. The second-order valence-electron chi connectivity index (χ2n) is 5.94. The SMILES string of the molecule is COCCn1c(SC(C)C(=O)Nc2ccc(Br)cc2)nnc1-c1ccncc1. The number of carbonyl (C=O) groups is 1. The van der Waals surface area contributed by atoms with Crippen LogP contribution in [-0.2, 0) is 16.1 Å². The molecule has 0 aliphatic carbocycles. The molecule has 1 amide bonds. The van der Waals surface area contributed by atoms with Gasteiger partial charge in [-0.15, -0.1) is 10.2 Å². The second kappa shape index (κ2) is 9.81. The van der Waals surface area contributed by atoms with Gasteiger partial charge in [0.15, 0.2) is 11.0 Å². The number of methoxy groups -OCH3 is 1. The third-order valence-corrected chi connectivity index (χ3v) is 5.55. The lowest BCUT2D eigenvalue weighted by Crippen LogP contribution is -2.23. The fourth-order valence-electron chi connectivity index (χ4n) is 2.46. The van der Waals surface area contributed by atoms with Gasteiger partial charge in [-0.05, 0) is 43.3 Å². The highest BCUT2D eigenvalue weighted by Gasteiger charge is 2.21. The largest absolute Gasteiger partial charge is 0.383 e. The van der Waals surface area contributed by atoms with Crippen LogP contribution in [0.3, 0.4) is 0 Å². The number of thioether (sulfide) groups is 1. The summed E-state index contributed by atoms with van der Waals surface area (Å²) in [5, 5.41) is 11.9. The predicted molar refractivity (Wildman–Crippen MR) is 113 cm³/mol. The van der Waals surface area contributed by atoms with Crippen LogP contribution in [0, 0.1) is 0 Å². The molecule has 2 aromatic heterocycles. The molecule has 0 aliphatic heterocycles. The van der Waals surface area contributed by atoms with E-state index in [2.05, 4.69) is 36.4 Å². The van der Waals surface area contributed by atoms with E-state index in [4.69, 9.17) is 4.74 Å². The molecule has 3 rings (SSSR count). The smallest absolute Gasteiger partial charge is 0.237 e. The fraction of sp³-hybridized carbons (Fsp3) is 0.263. The Morgan fingerprint density at radius 1 is 1.21 bits per heavy atom. The van der Waals surface area contributed by atoms with E-state index in [0.717, 1.165) is 21.5 Å². The number of carbonyl (C=O) groups excluding carboxylic acids is 1. The summed E-state index contributed by atoms with van der Waals surface area (Å²) in [4.78, 5) is 16.6. The molecule has 0 radical (unpaired) electrons. The molecule has 0 saturated heterocycles. The van der Waals surface area contributed by atoms with Crippen LogP contribution in [0.4, 0.5) is 5.69 Å². The number of pyridine rings is 1. The van der Waals surface area contributed by atoms with E-state index in [1.165, 1.54) is 11.8 Å². The summed E-state index contributed by atoms with van der Waals surface area (Å²) in [6, 6.07) is 11.2. The van der Waals surface area contributed by atoms with Crippen LogP contribution in [0.25, 0.3) is 11.4 Å². The van der Waals surface area contributed by atoms with Gasteiger partial charge < -0.3 is 10.1 Å². The highest BCUT2D eigenvalue weighted by molar-refractivity contribution is 9.10. The van der Waals surface area contributed by atoms with Crippen molar-refractivity contribution in [2.45, 2.75) is 23.9 Å². The zero-order chi connectivity index (χ0) is 19.9. The van der Waals surface area contributed by atoms with Crippen LogP contribution in [0.2, 0.25) is 0 Å². The van der Waals surface area contributed by atoms with Crippen molar-refractivity contribution in [2.75, 3.05) is 19.0 Å². The van der Waals surface area contributed by atoms with Crippen molar-refractivity contribution in [3.63, 3.8) is 0 Å². The lowest BCUT2D eigenvalue weighted by atomic mass is 10.2. The average Bonchev–Trinajstić information content (AvgIpc) is 3.11. The van der Waals surface area contributed by atoms with Crippen LogP contribution >= 0.6 is 27.7 Å². The first-order chi connectivity index (χ1) is 13.6. The third-order valence-electron chi connectivity index (χ3n) is 3.94. The molecule has 28 heavy (non-hydrogen) atoms. The van der Waals surface area contributed by atoms with Gasteiger partial charge in [-0.3, -0.25) is 14.3 Å². The summed E-state index contributed by atoms with van der Waals surface area (Å²) in [5.74, 6) is 0.626. The topological polar surface area (TPSA) is 81.9 Å². The van der Waals surface area contributed by atoms with E-state index in [9.17, 15) is 4.79 Å². The molecule has 2 heterocycles. The number of aromatic nitrogens is 4. The number of nitrogens with one attached hydrogen (secondary N) is 1. The zero-order valence-corrected chi connectivity index (χ0v) is 17.9. The molecule has 9 heteroatoms. The molecule has 1 atom stereocenters. The summed E-state index contributed by atoms with van der Waals surface area (Å²) in [5.41, 5.74) is 1.66. The van der Waals surface area contributed by atoms with Gasteiger partial charge in [0, 0.05) is 35.2 Å². The average molecular weight is 462 g/mol. The zero-order valence-electron chi connectivity index (χ0n) is 15.5. The van der Waals surface area contributed by atoms with Gasteiger partial charge in [-0.2, -0.15) is 0 Å². The molecular formula is C19H20BrN5O2S. The molecule has 1 unspecified atom stereocenters. The number of hydrogen-bond donors (Lipinski definition) is 1. The number of anilines is 1. The van der Waals surface area contributed by atoms with Crippen molar-refractivity contribution in [1.29, 1.82) is 0 Å². The Kier molecular flexibility index (Phi) is 7.18. The Labute approximate surface area is 176 Å². The summed E-state index contributed by atoms with van der Waals surface area (Å²) < 4.78 is 8.15. The first kappa shape index (κ1) is 20.5. The Bertz CT molecular complexity index is 918. The highest BCUT2D eigenvalue weighted by atomic mass is 79.9. The second-order valence-corrected chi connectivity index (χ2v) is 8.17. The van der Waals surface area contributed by atoms with Crippen LogP contribution in [-0.4, -0.2) is 44.6 Å². The summed E-state index contributed by atoms with van der Waals surface area (Å²) in [7, 11) is 1.65. The molecule has 0 fully saturated rings. The van der Waals surface area contributed by atoms with Gasteiger partial charge in [-0.1, -0.05) is 27.7 Å². The maximum Gasteiger partial charge on any atom is 0.237 e. The van der Waals surface area contributed by atoms with Gasteiger partial charge in [0.1, 0.15) is 0 Å². The Balaban J connectivity index is 1.75. The van der Waals surface area contributed by atoms with Gasteiger partial charge in [0.05, 0.1) is 18.4 Å². The molecule has 0 spiro atoms. The standard InChI is InChI=1S/C19H20BrN5O2S/c1-13(18(26)22-16-5-3-15(20)4-6-16)28-19-24-23-17(25(19)11-12-27-2)14-7-9-21-10-8-14/h3-10,13H,11-12H2,1-2H3,(H,22,26). The van der Waals surface area contributed by atoms with Crippen molar-refractivity contribution < 1.29 is 9.53 Å². The predicted octanol–water partition coefficient (Wildman–Crippen LogP) is 3.87. The van der Waals surface area contributed by atoms with E-state index in [1.54, 1.807) is 19.5 Å². The molecule has 0 bridgehead atoms. The minimum Gasteiger partial charge on any atom is -0.383 e. The molecule has 1 N–H and O–H groups in total. The monoisotopic (exact) mass is 461 g/mol. The van der Waals surface area contributed by atoms with Crippen molar-refractivity contribution in [2.24, 2.45) is 0 Å². The van der Waals surface area contributed by atoms with Crippen LogP contribution < -0.4 is 5.32 Å². The van der Waals surface area contributed by atoms with Gasteiger partial charge >= 0.3 is 0 Å². The lowest BCUT2D eigenvalue weighted by molar-refractivity contribution is -0.115. The quantitative estimate of drug-likeness (QED) is 0.512. The van der Waals surface area contributed by atoms with Crippen LogP contribution in [0.5, 0.6) is 0 Å². The number of amides is 1. The molecular weight excluding hydrogens is 442 g/mol. The number of rotatable bonds is 8. The van der Waals surface area contributed by atoms with Crippen LogP contribution in [0.15, 0.2) is 58.4 Å².